The van der Waals surface area contributed by atoms with Crippen LogP contribution in [-0.4, -0.2) is 71.2 Å². The smallest absolute Gasteiger partial charge is 0.258 e. The lowest BCUT2D eigenvalue weighted by atomic mass is 10.2. The van der Waals surface area contributed by atoms with Gasteiger partial charge in [0, 0.05) is 36.2 Å². The van der Waals surface area contributed by atoms with Crippen LogP contribution in [0.3, 0.4) is 0 Å². The van der Waals surface area contributed by atoms with Crippen LogP contribution in [0, 0.1) is 22.7 Å². The fourth-order valence-corrected chi connectivity index (χ4v) is 6.45. The SMILES string of the molecule is N#Cc1cnn(-c2ncccn2)c1N=NC(C(=O)Nc1ccc(NC(=O)C(NNc2c(C#N)cnn2-c2ncccn2)c2nc3ccccc3c(=O)[nH]2)cc1)c1nc2ccccc2c(=O)[nH]1. The first kappa shape index (κ1) is 41.2. The summed E-state index contributed by atoms with van der Waals surface area (Å²) in [4.78, 5) is 85.5. The van der Waals surface area contributed by atoms with E-state index in [-0.39, 0.29) is 68.6 Å². The van der Waals surface area contributed by atoms with Crippen molar-refractivity contribution in [1.82, 2.24) is 64.9 Å². The first-order chi connectivity index (χ1) is 32.3. The molecule has 0 fully saturated rings. The van der Waals surface area contributed by atoms with E-state index in [1.54, 1.807) is 60.7 Å². The summed E-state index contributed by atoms with van der Waals surface area (Å²) in [5.74, 6) is -1.51. The molecule has 0 aliphatic carbocycles. The number of carbonyl (C=O) groups excluding carboxylic acids is 2. The number of azo groups is 1. The number of anilines is 3. The van der Waals surface area contributed by atoms with Crippen LogP contribution in [0.2, 0.25) is 0 Å². The molecule has 24 nitrogen and oxygen atoms in total. The molecule has 0 saturated heterocycles. The molecule has 6 N–H and O–H groups in total. The van der Waals surface area contributed by atoms with Crippen LogP contribution in [0.15, 0.2) is 142 Å². The molecule has 9 aromatic rings. The Morgan fingerprint density at radius 3 is 1.76 bits per heavy atom. The van der Waals surface area contributed by atoms with Crippen molar-refractivity contribution in [3.8, 4) is 24.0 Å². The van der Waals surface area contributed by atoms with Gasteiger partial charge in [0.05, 0.1) is 34.2 Å². The van der Waals surface area contributed by atoms with E-state index in [1.807, 2.05) is 12.1 Å². The molecule has 6 aromatic heterocycles. The third-order valence-corrected chi connectivity index (χ3v) is 9.57. The number of hydrazine groups is 1. The number of H-pyrrole nitrogens is 2. The molecule has 0 spiro atoms. The van der Waals surface area contributed by atoms with Crippen molar-refractivity contribution in [2.75, 3.05) is 16.1 Å². The number of amides is 2. The van der Waals surface area contributed by atoms with E-state index in [9.17, 15) is 29.7 Å². The molecular formula is C42H28N20O4. The normalized spacial score (nSPS) is 12.0. The van der Waals surface area contributed by atoms with Crippen LogP contribution in [-0.2, 0) is 9.59 Å². The number of aromatic amines is 2. The van der Waals surface area contributed by atoms with E-state index in [0.29, 0.717) is 10.9 Å². The van der Waals surface area contributed by atoms with Crippen LogP contribution in [0.4, 0.5) is 23.0 Å². The largest absolute Gasteiger partial charge is 0.324 e. The topological polar surface area (TPSA) is 333 Å². The minimum absolute atomic E-state index is 0.000692. The molecule has 66 heavy (non-hydrogen) atoms. The maximum absolute atomic E-state index is 14.1. The predicted molar refractivity (Wildman–Crippen MR) is 233 cm³/mol. The molecule has 0 aliphatic rings. The van der Waals surface area contributed by atoms with Crippen LogP contribution >= 0.6 is 0 Å². The number of nitrogens with one attached hydrogen (secondary N) is 6. The summed E-state index contributed by atoms with van der Waals surface area (Å²) in [6.45, 7) is 0. The average molecular weight is 877 g/mol. The molecule has 6 heterocycles. The molecule has 2 atom stereocenters. The summed E-state index contributed by atoms with van der Waals surface area (Å²) in [6, 6.07) is 23.3. The lowest BCUT2D eigenvalue weighted by molar-refractivity contribution is -0.118. The highest BCUT2D eigenvalue weighted by Crippen LogP contribution is 2.26. The predicted octanol–water partition coefficient (Wildman–Crippen LogP) is 3.61. The number of nitrogens with zero attached hydrogens (tertiary/aromatic N) is 14. The Bertz CT molecular complexity index is 3520. The van der Waals surface area contributed by atoms with Crippen molar-refractivity contribution in [3.05, 3.63) is 166 Å². The Kier molecular flexibility index (Phi) is 11.2. The zero-order valence-electron chi connectivity index (χ0n) is 33.6. The number of hydrogen-bond acceptors (Lipinski definition) is 18. The Hall–Kier alpha value is -10.2. The highest BCUT2D eigenvalue weighted by molar-refractivity contribution is 5.97. The number of hydrogen-bond donors (Lipinski definition) is 6. The van der Waals surface area contributed by atoms with Gasteiger partial charge in [-0.25, -0.2) is 35.3 Å². The molecular weight excluding hydrogens is 849 g/mol. The molecule has 9 rings (SSSR count). The van der Waals surface area contributed by atoms with Gasteiger partial charge in [-0.1, -0.05) is 24.3 Å². The number of carbonyl (C=O) groups is 2. The van der Waals surface area contributed by atoms with Crippen molar-refractivity contribution in [3.63, 3.8) is 0 Å². The third-order valence-electron chi connectivity index (χ3n) is 9.57. The van der Waals surface area contributed by atoms with Crippen LogP contribution < -0.4 is 32.6 Å². The molecule has 0 saturated carbocycles. The van der Waals surface area contributed by atoms with Crippen molar-refractivity contribution in [2.45, 2.75) is 12.1 Å². The van der Waals surface area contributed by atoms with Gasteiger partial charge in [-0.3, -0.25) is 19.2 Å². The van der Waals surface area contributed by atoms with E-state index >= 15 is 0 Å². The molecule has 2 unspecified atom stereocenters. The summed E-state index contributed by atoms with van der Waals surface area (Å²) >= 11 is 0. The lowest BCUT2D eigenvalue weighted by Gasteiger charge is -2.20. The summed E-state index contributed by atoms with van der Waals surface area (Å²) in [7, 11) is 0. The van der Waals surface area contributed by atoms with Crippen molar-refractivity contribution < 1.29 is 9.59 Å². The Morgan fingerprint density at radius 2 is 1.15 bits per heavy atom. The first-order valence-electron chi connectivity index (χ1n) is 19.4. The quantitative estimate of drug-likeness (QED) is 0.0711. The number of rotatable bonds is 13. The minimum Gasteiger partial charge on any atom is -0.324 e. The maximum atomic E-state index is 14.1. The Morgan fingerprint density at radius 1 is 0.636 bits per heavy atom. The molecule has 320 valence electrons. The number of aromatic nitrogens is 12. The van der Waals surface area contributed by atoms with Gasteiger partial charge in [0.15, 0.2) is 17.7 Å². The Balaban J connectivity index is 0.991. The number of para-hydroxylation sites is 2. The number of nitriles is 2. The van der Waals surface area contributed by atoms with Gasteiger partial charge in [0.25, 0.3) is 34.8 Å². The first-order valence-corrected chi connectivity index (χ1v) is 19.4. The van der Waals surface area contributed by atoms with E-state index < -0.39 is 35.0 Å². The van der Waals surface area contributed by atoms with Crippen molar-refractivity contribution in [1.29, 1.82) is 10.5 Å². The molecule has 2 amide bonds. The molecule has 3 aromatic carbocycles. The molecule has 0 bridgehead atoms. The summed E-state index contributed by atoms with van der Waals surface area (Å²) in [6.07, 6.45) is 8.45. The minimum atomic E-state index is -1.57. The average Bonchev–Trinajstić information content (AvgIpc) is 3.97. The molecule has 0 radical (unpaired) electrons. The second-order valence-electron chi connectivity index (χ2n) is 13.7. The van der Waals surface area contributed by atoms with Crippen molar-refractivity contribution >= 4 is 56.6 Å². The zero-order valence-corrected chi connectivity index (χ0v) is 33.6. The van der Waals surface area contributed by atoms with Gasteiger partial charge < -0.3 is 26.0 Å². The lowest BCUT2D eigenvalue weighted by Crippen LogP contribution is -2.39. The zero-order chi connectivity index (χ0) is 45.6. The molecule has 0 aliphatic heterocycles. The van der Waals surface area contributed by atoms with Crippen LogP contribution in [0.25, 0.3) is 33.7 Å². The number of fused-ring (bicyclic) bond motifs is 2. The van der Waals surface area contributed by atoms with Crippen LogP contribution in [0.1, 0.15) is 34.9 Å². The van der Waals surface area contributed by atoms with Gasteiger partial charge in [-0.05, 0) is 60.7 Å². The van der Waals surface area contributed by atoms with Crippen molar-refractivity contribution in [2.24, 2.45) is 10.2 Å². The summed E-state index contributed by atoms with van der Waals surface area (Å²) in [5, 5.41) is 42.6. The van der Waals surface area contributed by atoms with Gasteiger partial charge in [-0.15, -0.1) is 5.11 Å². The molecule has 24 heteroatoms. The van der Waals surface area contributed by atoms with E-state index in [2.05, 4.69) is 81.8 Å². The fraction of sp³-hybridized carbons (Fsp3) is 0.0476. The van der Waals surface area contributed by atoms with E-state index in [4.69, 9.17) is 0 Å². The van der Waals surface area contributed by atoms with E-state index in [0.717, 1.165) is 0 Å². The standard InChI is InChI=1S/C42H28N20O4/c43-19-23-21-49-61(41-45-15-5-16-46-41)35(23)59-57-31(33-53-29-9-3-1-7-27(29)37(63)55-33)39(65)51-25-11-13-26(14-12-25)52-40(66)32(34-54-30-10-4-2-8-28(30)38(64)56-34)58-60-36-24(20-44)22-50-62(36)42-47-17-6-18-48-42/h1-18,21-22,31-32,57,59H,(H,51,65)(H,52,66)(H,53,55,63)(H,54,56,64). The maximum Gasteiger partial charge on any atom is 0.258 e. The summed E-state index contributed by atoms with van der Waals surface area (Å²) in [5.41, 5.74) is 5.86. The summed E-state index contributed by atoms with van der Waals surface area (Å²) < 4.78 is 2.42. The van der Waals surface area contributed by atoms with Gasteiger partial charge in [-0.2, -0.15) is 35.2 Å². The monoisotopic (exact) mass is 876 g/mol. The van der Waals surface area contributed by atoms with Gasteiger partial charge in [0.1, 0.15) is 34.9 Å². The Labute approximate surface area is 368 Å². The van der Waals surface area contributed by atoms with E-state index in [1.165, 1.54) is 70.8 Å². The highest BCUT2D eigenvalue weighted by Gasteiger charge is 2.28. The second-order valence-corrected chi connectivity index (χ2v) is 13.7. The number of benzene rings is 3. The highest BCUT2D eigenvalue weighted by atomic mass is 16.2. The van der Waals surface area contributed by atoms with Gasteiger partial charge in [0.2, 0.25) is 6.04 Å². The van der Waals surface area contributed by atoms with Crippen LogP contribution in [0.5, 0.6) is 0 Å². The van der Waals surface area contributed by atoms with Gasteiger partial charge >= 0.3 is 0 Å². The third kappa shape index (κ3) is 8.38. The second kappa shape index (κ2) is 18.0. The fourth-order valence-electron chi connectivity index (χ4n) is 6.45.